The molecule has 10 aromatic carbocycles. The van der Waals surface area contributed by atoms with Crippen LogP contribution in [0.3, 0.4) is 0 Å². The number of hydrogen-bond acceptors (Lipinski definition) is 6. The monoisotopic (exact) mass is 945 g/mol. The molecule has 0 atom stereocenters. The number of fused-ring (bicyclic) bond motifs is 14. The van der Waals surface area contributed by atoms with Gasteiger partial charge in [0, 0.05) is 60.4 Å². The van der Waals surface area contributed by atoms with E-state index in [4.69, 9.17) is 30.4 Å². The fourth-order valence-corrected chi connectivity index (χ4v) is 11.1. The van der Waals surface area contributed by atoms with Gasteiger partial charge >= 0.3 is 0 Å². The van der Waals surface area contributed by atoms with Gasteiger partial charge in [-0.15, -0.1) is 0 Å². The molecule has 15 rings (SSSR count). The van der Waals surface area contributed by atoms with Crippen molar-refractivity contribution in [1.82, 2.24) is 24.1 Å². The lowest BCUT2D eigenvalue weighted by atomic mass is 9.97. The van der Waals surface area contributed by atoms with Gasteiger partial charge in [-0.25, -0.2) is 19.8 Å². The van der Waals surface area contributed by atoms with Gasteiger partial charge in [-0.2, -0.15) is 5.26 Å². The van der Waals surface area contributed by atoms with Crippen LogP contribution in [-0.2, 0) is 0 Å². The van der Waals surface area contributed by atoms with Crippen LogP contribution in [0.25, 0.3) is 149 Å². The topological polar surface area (TPSA) is 103 Å². The Hall–Kier alpha value is -10.6. The molecule has 0 aliphatic carbocycles. The van der Waals surface area contributed by atoms with Crippen LogP contribution in [0, 0.1) is 17.9 Å². The lowest BCUT2D eigenvalue weighted by Crippen LogP contribution is -2.02. The van der Waals surface area contributed by atoms with E-state index in [1.165, 1.54) is 0 Å². The van der Waals surface area contributed by atoms with Gasteiger partial charge in [0.25, 0.3) is 0 Å². The summed E-state index contributed by atoms with van der Waals surface area (Å²) in [6.45, 7) is 8.64. The average molecular weight is 946 g/mol. The van der Waals surface area contributed by atoms with Crippen molar-refractivity contribution in [2.75, 3.05) is 0 Å². The molecule has 0 N–H and O–H groups in total. The first kappa shape index (κ1) is 41.2. The molecule has 15 aromatic rings. The normalized spacial score (nSPS) is 11.8. The molecule has 5 aromatic heterocycles. The molecule has 9 heteroatoms. The highest BCUT2D eigenvalue weighted by Crippen LogP contribution is 2.45. The summed E-state index contributed by atoms with van der Waals surface area (Å²) in [6, 6.07) is 73.6. The Bertz CT molecular complexity index is 4930. The maximum atomic E-state index is 9.86. The predicted octanol–water partition coefficient (Wildman–Crippen LogP) is 17.0. The minimum atomic E-state index is 0.365. The van der Waals surface area contributed by atoms with Crippen molar-refractivity contribution in [2.24, 2.45) is 0 Å². The zero-order valence-electron chi connectivity index (χ0n) is 39.2. The molecular formula is C65H35N7O2. The van der Waals surface area contributed by atoms with Gasteiger partial charge in [-0.1, -0.05) is 121 Å². The lowest BCUT2D eigenvalue weighted by molar-refractivity contribution is 0.672. The van der Waals surface area contributed by atoms with Crippen LogP contribution >= 0.6 is 0 Å². The molecule has 5 heterocycles. The molecule has 0 saturated carbocycles. The van der Waals surface area contributed by atoms with E-state index in [-0.39, 0.29) is 0 Å². The third-order valence-corrected chi connectivity index (χ3v) is 14.5. The van der Waals surface area contributed by atoms with E-state index in [1.54, 1.807) is 0 Å². The van der Waals surface area contributed by atoms with Gasteiger partial charge in [0.1, 0.15) is 22.3 Å². The van der Waals surface area contributed by atoms with E-state index in [9.17, 15) is 5.26 Å². The fourth-order valence-electron chi connectivity index (χ4n) is 11.1. The third-order valence-electron chi connectivity index (χ3n) is 14.5. The van der Waals surface area contributed by atoms with Crippen molar-refractivity contribution in [2.45, 2.75) is 0 Å². The summed E-state index contributed by atoms with van der Waals surface area (Å²) < 4.78 is 17.7. The number of para-hydroxylation sites is 4. The zero-order chi connectivity index (χ0) is 49.0. The van der Waals surface area contributed by atoms with E-state index in [0.29, 0.717) is 34.3 Å². The van der Waals surface area contributed by atoms with Crippen LogP contribution in [-0.4, -0.2) is 24.1 Å². The van der Waals surface area contributed by atoms with Gasteiger partial charge < -0.3 is 18.0 Å². The summed E-state index contributed by atoms with van der Waals surface area (Å²) in [5.41, 5.74) is 13.9. The number of nitriles is 1. The summed E-state index contributed by atoms with van der Waals surface area (Å²) in [4.78, 5) is 19.7. The summed E-state index contributed by atoms with van der Waals surface area (Å²) in [5, 5.41) is 18.3. The molecule has 0 spiro atoms. The number of nitrogens with zero attached hydrogens (tertiary/aromatic N) is 7. The molecule has 0 bridgehead atoms. The summed E-state index contributed by atoms with van der Waals surface area (Å²) in [5.74, 6) is 1.27. The number of hydrogen-bond donors (Lipinski definition) is 0. The molecule has 0 amide bonds. The Labute approximate surface area is 421 Å². The van der Waals surface area contributed by atoms with Crippen LogP contribution < -0.4 is 0 Å². The van der Waals surface area contributed by atoms with E-state index >= 15 is 0 Å². The van der Waals surface area contributed by atoms with Crippen molar-refractivity contribution in [1.29, 1.82) is 5.26 Å². The fraction of sp³-hybridized carbons (Fsp3) is 0. The Morgan fingerprint density at radius 3 is 1.49 bits per heavy atom. The Morgan fingerprint density at radius 2 is 0.905 bits per heavy atom. The summed E-state index contributed by atoms with van der Waals surface area (Å²) in [6.07, 6.45) is 0. The maximum absolute atomic E-state index is 9.86. The Morgan fingerprint density at radius 1 is 0.405 bits per heavy atom. The summed E-state index contributed by atoms with van der Waals surface area (Å²) in [7, 11) is 0. The van der Waals surface area contributed by atoms with E-state index < -0.39 is 0 Å². The van der Waals surface area contributed by atoms with Crippen LogP contribution in [0.4, 0.5) is 5.69 Å². The van der Waals surface area contributed by atoms with Crippen molar-refractivity contribution in [3.05, 3.63) is 229 Å². The number of aromatic nitrogens is 5. The van der Waals surface area contributed by atoms with Crippen molar-refractivity contribution in [3.8, 4) is 62.7 Å². The lowest BCUT2D eigenvalue weighted by Gasteiger charge is -2.16. The minimum absolute atomic E-state index is 0.365. The Kier molecular flexibility index (Phi) is 8.88. The van der Waals surface area contributed by atoms with E-state index in [1.807, 2.05) is 121 Å². The standard InChI is InChI=1S/C65H35N7O2/c1-67-52-36-42(72-54-20-10-6-18-50(54)60-56(72)34-32-46-44-16-8-12-22-58(44)74-62(46)60)28-30-48(52)65-69-63(40-13-3-2-4-14-40)68-64(70-65)47-29-27-41(35-51(47)39-25-23-38(37-66)24-26-39)71-53-19-9-5-17-49(53)59-55(71)33-31-45-43-15-7-11-21-57(43)73-61(45)59/h2-36H. The first-order valence-electron chi connectivity index (χ1n) is 24.3. The second-order valence-corrected chi connectivity index (χ2v) is 18.5. The second-order valence-electron chi connectivity index (χ2n) is 18.5. The van der Waals surface area contributed by atoms with Crippen LogP contribution in [0.15, 0.2) is 221 Å². The number of benzene rings is 10. The van der Waals surface area contributed by atoms with Crippen molar-refractivity contribution >= 4 is 93.2 Å². The molecule has 9 nitrogen and oxygen atoms in total. The van der Waals surface area contributed by atoms with Crippen LogP contribution in [0.2, 0.25) is 0 Å². The van der Waals surface area contributed by atoms with E-state index in [2.05, 4.69) is 111 Å². The van der Waals surface area contributed by atoms with Gasteiger partial charge in [0.2, 0.25) is 0 Å². The van der Waals surface area contributed by atoms with Gasteiger partial charge in [0.05, 0.1) is 51.0 Å². The minimum Gasteiger partial charge on any atom is -0.455 e. The molecule has 0 saturated heterocycles. The maximum Gasteiger partial charge on any atom is 0.200 e. The van der Waals surface area contributed by atoms with Gasteiger partial charge in [-0.3, -0.25) is 0 Å². The molecule has 0 unspecified atom stereocenters. The predicted molar refractivity (Wildman–Crippen MR) is 296 cm³/mol. The average Bonchev–Trinajstić information content (AvgIpc) is 4.27. The highest BCUT2D eigenvalue weighted by Gasteiger charge is 2.24. The van der Waals surface area contributed by atoms with E-state index in [0.717, 1.165) is 121 Å². The number of rotatable bonds is 6. The van der Waals surface area contributed by atoms with Crippen LogP contribution in [0.1, 0.15) is 5.56 Å². The largest absolute Gasteiger partial charge is 0.455 e. The first-order chi connectivity index (χ1) is 36.6. The molecule has 0 radical (unpaired) electrons. The molecule has 0 fully saturated rings. The quantitative estimate of drug-likeness (QED) is 0.154. The molecule has 74 heavy (non-hydrogen) atoms. The molecule has 0 aliphatic heterocycles. The number of furan rings is 2. The highest BCUT2D eigenvalue weighted by atomic mass is 16.3. The van der Waals surface area contributed by atoms with Gasteiger partial charge in [-0.05, 0) is 102 Å². The smallest absolute Gasteiger partial charge is 0.200 e. The van der Waals surface area contributed by atoms with Crippen molar-refractivity contribution in [3.63, 3.8) is 0 Å². The molecule has 342 valence electrons. The van der Waals surface area contributed by atoms with Crippen molar-refractivity contribution < 1.29 is 8.83 Å². The molecule has 0 aliphatic rings. The zero-order valence-corrected chi connectivity index (χ0v) is 39.2. The SMILES string of the molecule is [C-]#[N+]c1cc(-n2c3ccccc3c3c4oc5ccccc5c4ccc32)ccc1-c1nc(-c2ccccc2)nc(-c2ccc(-n3c4ccccc4c4c5oc6ccccc6c5ccc43)cc2-c2ccc(C#N)cc2)n1. The Balaban J connectivity index is 0.927. The van der Waals surface area contributed by atoms with Gasteiger partial charge in [0.15, 0.2) is 23.2 Å². The highest BCUT2D eigenvalue weighted by molar-refractivity contribution is 6.25. The summed E-state index contributed by atoms with van der Waals surface area (Å²) >= 11 is 0. The first-order valence-corrected chi connectivity index (χ1v) is 24.3. The van der Waals surface area contributed by atoms with Crippen LogP contribution in [0.5, 0.6) is 0 Å². The molecular weight excluding hydrogens is 911 g/mol. The second kappa shape index (κ2) is 16.0. The third kappa shape index (κ3) is 6.11.